The number of Topliss-reactive ketones (excluding diaryl/α,β-unsaturated/α-hetero) is 4. The molecule has 0 spiro atoms. The minimum absolute atomic E-state index is 0.0203. The molecule has 228 valence electrons. The van der Waals surface area contributed by atoms with Gasteiger partial charge in [0.1, 0.15) is 0 Å². The number of rotatable bonds is 0. The molecule has 0 heterocycles. The molecule has 1 saturated carbocycles. The molecule has 1 aromatic rings. The number of fused-ring (bicyclic) bond motifs is 1. The smallest absolute Gasteiger partial charge is 0.198 e. The van der Waals surface area contributed by atoms with Crippen molar-refractivity contribution >= 4 is 23.1 Å². The van der Waals surface area contributed by atoms with E-state index in [9.17, 15) is 19.2 Å². The van der Waals surface area contributed by atoms with Gasteiger partial charge in [-0.2, -0.15) is 0 Å². The van der Waals surface area contributed by atoms with Crippen molar-refractivity contribution in [2.75, 3.05) is 0 Å². The van der Waals surface area contributed by atoms with E-state index in [-0.39, 0.29) is 28.7 Å². The summed E-state index contributed by atoms with van der Waals surface area (Å²) in [6, 6.07) is 6.95. The van der Waals surface area contributed by atoms with Crippen LogP contribution in [0, 0.1) is 21.7 Å². The lowest BCUT2D eigenvalue weighted by Gasteiger charge is -2.31. The summed E-state index contributed by atoms with van der Waals surface area (Å²) in [4.78, 5) is 55.3. The third-order valence-corrected chi connectivity index (χ3v) is 8.80. The van der Waals surface area contributed by atoms with Gasteiger partial charge in [-0.25, -0.2) is 0 Å². The average molecular weight is 589 g/mol. The van der Waals surface area contributed by atoms with Crippen LogP contribution in [0.4, 0.5) is 0 Å². The molecule has 0 atom stereocenters. The van der Waals surface area contributed by atoms with Gasteiger partial charge in [0.25, 0.3) is 0 Å². The van der Waals surface area contributed by atoms with Gasteiger partial charge in [-0.1, -0.05) is 107 Å². The third-order valence-electron chi connectivity index (χ3n) is 8.80. The summed E-state index contributed by atoms with van der Waals surface area (Å²) in [7, 11) is 0. The van der Waals surface area contributed by atoms with Crippen LogP contribution in [0.5, 0.6) is 0 Å². The lowest BCUT2D eigenvalue weighted by Crippen LogP contribution is -2.28. The molecule has 4 aliphatic rings. The average Bonchev–Trinajstić information content (AvgIpc) is 3.54. The first-order valence-electron chi connectivity index (χ1n) is 15.5. The molecule has 1 aromatic carbocycles. The number of hydrogen-bond donors (Lipinski definition) is 0. The van der Waals surface area contributed by atoms with Gasteiger partial charge < -0.3 is 0 Å². The van der Waals surface area contributed by atoms with Crippen LogP contribution >= 0.6 is 0 Å². The Labute approximate surface area is 262 Å². The molecular formula is C40H44O4. The van der Waals surface area contributed by atoms with Gasteiger partial charge in [-0.3, -0.25) is 19.2 Å². The second-order valence-electron chi connectivity index (χ2n) is 16.5. The van der Waals surface area contributed by atoms with Crippen molar-refractivity contribution < 1.29 is 19.2 Å². The molecule has 4 aliphatic carbocycles. The number of ketones is 4. The van der Waals surface area contributed by atoms with Crippen molar-refractivity contribution in [3.05, 3.63) is 115 Å². The maximum absolute atomic E-state index is 13.9. The fourth-order valence-electron chi connectivity index (χ4n) is 6.27. The summed E-state index contributed by atoms with van der Waals surface area (Å²) < 4.78 is 0. The van der Waals surface area contributed by atoms with Crippen LogP contribution in [0.15, 0.2) is 104 Å². The molecule has 0 aromatic heterocycles. The zero-order valence-electron chi connectivity index (χ0n) is 28.3. The molecule has 0 unspecified atom stereocenters. The van der Waals surface area contributed by atoms with E-state index in [0.29, 0.717) is 39.0 Å². The number of carbonyl (C=O) groups is 4. The molecule has 0 amide bonds. The molecule has 0 N–H and O–H groups in total. The van der Waals surface area contributed by atoms with Gasteiger partial charge >= 0.3 is 0 Å². The van der Waals surface area contributed by atoms with Crippen molar-refractivity contribution in [1.82, 2.24) is 0 Å². The van der Waals surface area contributed by atoms with Crippen molar-refractivity contribution in [1.29, 1.82) is 0 Å². The predicted octanol–water partition coefficient (Wildman–Crippen LogP) is 9.02. The zero-order chi connectivity index (χ0) is 32.9. The molecule has 0 saturated heterocycles. The summed E-state index contributed by atoms with van der Waals surface area (Å²) in [6.45, 7) is 24.3. The van der Waals surface area contributed by atoms with E-state index >= 15 is 0 Å². The molecule has 0 aliphatic heterocycles. The number of allylic oxidation sites excluding steroid dienone is 14. The lowest BCUT2D eigenvalue weighted by atomic mass is 9.71. The first-order chi connectivity index (χ1) is 20.0. The molecule has 5 rings (SSSR count). The summed E-state index contributed by atoms with van der Waals surface area (Å²) in [6.07, 6.45) is 7.76. The first kappa shape index (κ1) is 31.5. The summed E-state index contributed by atoms with van der Waals surface area (Å²) in [5.74, 6) is -0.528. The van der Waals surface area contributed by atoms with Crippen molar-refractivity contribution in [2.24, 2.45) is 21.7 Å². The Hall–Kier alpha value is -3.92. The second-order valence-corrected chi connectivity index (χ2v) is 16.5. The minimum Gasteiger partial charge on any atom is -0.289 e. The number of carbonyl (C=O) groups excluding carboxylic acids is 4. The molecular weight excluding hydrogens is 544 g/mol. The molecule has 0 bridgehead atoms. The summed E-state index contributed by atoms with van der Waals surface area (Å²) in [5, 5.41) is 0. The first-order valence-corrected chi connectivity index (χ1v) is 15.5. The maximum Gasteiger partial charge on any atom is 0.198 e. The maximum atomic E-state index is 13.9. The van der Waals surface area contributed by atoms with Crippen molar-refractivity contribution in [2.45, 2.75) is 83.1 Å². The molecule has 1 fully saturated rings. The molecule has 44 heavy (non-hydrogen) atoms. The fraction of sp³-hybridized carbons (Fsp3) is 0.400. The normalized spacial score (nSPS) is 19.8. The van der Waals surface area contributed by atoms with E-state index in [2.05, 4.69) is 0 Å². The van der Waals surface area contributed by atoms with Crippen LogP contribution in [0.25, 0.3) is 0 Å². The quantitative estimate of drug-likeness (QED) is 0.224. The van der Waals surface area contributed by atoms with Gasteiger partial charge in [-0.15, -0.1) is 0 Å². The highest BCUT2D eigenvalue weighted by Crippen LogP contribution is 2.56. The summed E-state index contributed by atoms with van der Waals surface area (Å²) >= 11 is 0. The molecule has 0 radical (unpaired) electrons. The third kappa shape index (κ3) is 5.12. The topological polar surface area (TPSA) is 68.3 Å². The van der Waals surface area contributed by atoms with E-state index in [4.69, 9.17) is 0 Å². The van der Waals surface area contributed by atoms with Crippen molar-refractivity contribution in [3.8, 4) is 0 Å². The van der Waals surface area contributed by atoms with Gasteiger partial charge in [-0.05, 0) is 68.3 Å². The largest absolute Gasteiger partial charge is 0.289 e. The van der Waals surface area contributed by atoms with E-state index in [1.54, 1.807) is 24.3 Å². The number of hydrogen-bond acceptors (Lipinski definition) is 4. The number of benzene rings is 1. The highest BCUT2D eigenvalue weighted by atomic mass is 16.2. The Morgan fingerprint density at radius 3 is 0.886 bits per heavy atom. The van der Waals surface area contributed by atoms with Crippen LogP contribution < -0.4 is 0 Å². The monoisotopic (exact) mass is 588 g/mol. The van der Waals surface area contributed by atoms with Crippen LogP contribution in [-0.4, -0.2) is 23.1 Å². The van der Waals surface area contributed by atoms with Crippen LogP contribution in [0.1, 0.15) is 104 Å². The Morgan fingerprint density at radius 1 is 0.364 bits per heavy atom. The van der Waals surface area contributed by atoms with Crippen LogP contribution in [-0.2, 0) is 9.59 Å². The highest BCUT2D eigenvalue weighted by molar-refractivity contribution is 6.41. The fourth-order valence-corrected chi connectivity index (χ4v) is 6.27. The lowest BCUT2D eigenvalue weighted by molar-refractivity contribution is -0.114. The van der Waals surface area contributed by atoms with Crippen molar-refractivity contribution in [3.63, 3.8) is 0 Å². The zero-order valence-corrected chi connectivity index (χ0v) is 28.3. The minimum atomic E-state index is -0.422. The Morgan fingerprint density at radius 2 is 0.636 bits per heavy atom. The van der Waals surface area contributed by atoms with Crippen LogP contribution in [0.2, 0.25) is 0 Å². The van der Waals surface area contributed by atoms with Gasteiger partial charge in [0.05, 0.1) is 5.57 Å². The van der Waals surface area contributed by atoms with E-state index in [1.165, 1.54) is 0 Å². The predicted molar refractivity (Wildman–Crippen MR) is 176 cm³/mol. The van der Waals surface area contributed by atoms with Gasteiger partial charge in [0.15, 0.2) is 23.1 Å². The van der Waals surface area contributed by atoms with E-state index in [1.807, 2.05) is 107 Å². The van der Waals surface area contributed by atoms with Gasteiger partial charge in [0.2, 0.25) is 0 Å². The Kier molecular flexibility index (Phi) is 7.01. The molecule has 4 nitrogen and oxygen atoms in total. The second kappa shape index (κ2) is 9.79. The van der Waals surface area contributed by atoms with E-state index < -0.39 is 21.7 Å². The van der Waals surface area contributed by atoms with E-state index in [0.717, 1.165) is 22.3 Å². The Bertz CT molecular complexity index is 1600. The summed E-state index contributed by atoms with van der Waals surface area (Å²) in [5.41, 5.74) is 5.89. The van der Waals surface area contributed by atoms with Gasteiger partial charge in [0, 0.05) is 39.0 Å². The molecule has 4 heteroatoms. The highest BCUT2D eigenvalue weighted by Gasteiger charge is 2.48. The Balaban J connectivity index is 1.93. The standard InChI is InChI=1S/C40H44O4/c1-37(2,3)25-17-21(18-26(35(25)43)38(4,5)6)29-30(31(29)32-33(41)23-15-13-14-16-24(23)34(32)42)22-19-27(39(7,8)9)36(44)28(20-22)40(10,11)12/h13-20H,1-12H3. The SMILES string of the molecule is CC(C)(C)C1=CC(=C2C(=C3C=C(C(C)(C)C)C(=O)C(C(C)(C)C)=C3)C2=C2C(=O)c3ccccc3C2=O)C=C(C(C)(C)C)C1=O. The van der Waals surface area contributed by atoms with Crippen LogP contribution in [0.3, 0.4) is 0 Å².